The summed E-state index contributed by atoms with van der Waals surface area (Å²) in [6, 6.07) is 10.2. The van der Waals surface area contributed by atoms with Crippen molar-refractivity contribution < 1.29 is 0 Å². The van der Waals surface area contributed by atoms with Crippen LogP contribution < -0.4 is 10.2 Å². The first-order chi connectivity index (χ1) is 8.63. The predicted molar refractivity (Wildman–Crippen MR) is 76.1 cm³/mol. The van der Waals surface area contributed by atoms with Crippen LogP contribution in [0.4, 0.5) is 11.8 Å². The molecule has 1 aromatic heterocycles. The molecule has 0 fully saturated rings. The van der Waals surface area contributed by atoms with Gasteiger partial charge >= 0.3 is 0 Å². The van der Waals surface area contributed by atoms with Crippen LogP contribution in [0.15, 0.2) is 30.3 Å². The average Bonchev–Trinajstić information content (AvgIpc) is 2.39. The Morgan fingerprint density at radius 1 is 1.06 bits per heavy atom. The van der Waals surface area contributed by atoms with Crippen molar-refractivity contribution >= 4 is 11.8 Å². The van der Waals surface area contributed by atoms with Gasteiger partial charge in [-0.25, -0.2) is 4.98 Å². The Hall–Kier alpha value is -2.10. The van der Waals surface area contributed by atoms with Crippen molar-refractivity contribution in [2.75, 3.05) is 31.4 Å². The number of anilines is 2. The fourth-order valence-electron chi connectivity index (χ4n) is 1.83. The molecule has 1 N–H and O–H groups in total. The number of benzene rings is 1. The van der Waals surface area contributed by atoms with Crippen molar-refractivity contribution in [1.82, 2.24) is 9.97 Å². The van der Waals surface area contributed by atoms with Crippen molar-refractivity contribution in [2.24, 2.45) is 0 Å². The van der Waals surface area contributed by atoms with E-state index in [0.717, 1.165) is 22.6 Å². The second kappa shape index (κ2) is 5.04. The van der Waals surface area contributed by atoms with Crippen LogP contribution in [0, 0.1) is 6.92 Å². The Kier molecular flexibility index (Phi) is 3.46. The average molecular weight is 242 g/mol. The van der Waals surface area contributed by atoms with Gasteiger partial charge in [-0.15, -0.1) is 0 Å². The second-order valence-electron chi connectivity index (χ2n) is 4.36. The summed E-state index contributed by atoms with van der Waals surface area (Å²) in [7, 11) is 5.77. The van der Waals surface area contributed by atoms with E-state index in [1.165, 1.54) is 0 Å². The Balaban J connectivity index is 2.62. The van der Waals surface area contributed by atoms with Gasteiger partial charge < -0.3 is 10.2 Å². The van der Waals surface area contributed by atoms with E-state index in [-0.39, 0.29) is 0 Å². The number of nitrogens with zero attached hydrogens (tertiary/aromatic N) is 3. The highest BCUT2D eigenvalue weighted by molar-refractivity contribution is 5.69. The molecule has 4 heteroatoms. The molecule has 0 spiro atoms. The summed E-state index contributed by atoms with van der Waals surface area (Å²) in [5.41, 5.74) is 3.14. The summed E-state index contributed by atoms with van der Waals surface area (Å²) >= 11 is 0. The highest BCUT2D eigenvalue weighted by Crippen LogP contribution is 2.27. The molecule has 2 rings (SSSR count). The van der Waals surface area contributed by atoms with Crippen LogP contribution in [-0.2, 0) is 0 Å². The summed E-state index contributed by atoms with van der Waals surface area (Å²) in [5.74, 6) is 1.58. The van der Waals surface area contributed by atoms with Crippen molar-refractivity contribution in [3.63, 3.8) is 0 Å². The molecule has 0 saturated carbocycles. The molecule has 0 saturated heterocycles. The Bertz CT molecular complexity index is 535. The molecule has 1 aromatic carbocycles. The molecule has 1 heterocycles. The highest BCUT2D eigenvalue weighted by Gasteiger charge is 2.12. The number of hydrogen-bond donors (Lipinski definition) is 1. The molecule has 0 atom stereocenters. The lowest BCUT2D eigenvalue weighted by Gasteiger charge is -2.16. The van der Waals surface area contributed by atoms with Gasteiger partial charge in [-0.05, 0) is 6.92 Å². The highest BCUT2D eigenvalue weighted by atomic mass is 15.2. The molecule has 0 bridgehead atoms. The van der Waals surface area contributed by atoms with E-state index in [0.29, 0.717) is 5.95 Å². The zero-order valence-corrected chi connectivity index (χ0v) is 11.2. The molecule has 0 unspecified atom stereocenters. The first-order valence-electron chi connectivity index (χ1n) is 5.92. The normalized spacial score (nSPS) is 10.2. The molecule has 0 aliphatic heterocycles. The smallest absolute Gasteiger partial charge is 0.227 e. The Morgan fingerprint density at radius 2 is 1.72 bits per heavy atom. The maximum atomic E-state index is 4.63. The van der Waals surface area contributed by atoms with E-state index in [9.17, 15) is 0 Å². The number of aromatic nitrogens is 2. The van der Waals surface area contributed by atoms with Crippen molar-refractivity contribution in [2.45, 2.75) is 6.92 Å². The van der Waals surface area contributed by atoms with E-state index >= 15 is 0 Å². The topological polar surface area (TPSA) is 41.1 Å². The lowest BCUT2D eigenvalue weighted by Crippen LogP contribution is -2.15. The molecule has 18 heavy (non-hydrogen) atoms. The monoisotopic (exact) mass is 242 g/mol. The van der Waals surface area contributed by atoms with E-state index in [4.69, 9.17) is 0 Å². The number of rotatable bonds is 3. The third-order valence-electron chi connectivity index (χ3n) is 2.82. The van der Waals surface area contributed by atoms with Gasteiger partial charge in [0, 0.05) is 32.3 Å². The summed E-state index contributed by atoms with van der Waals surface area (Å²) < 4.78 is 0. The summed E-state index contributed by atoms with van der Waals surface area (Å²) in [4.78, 5) is 11.0. The lowest BCUT2D eigenvalue weighted by molar-refractivity contribution is 0.993. The summed E-state index contributed by atoms with van der Waals surface area (Å²) in [5, 5.41) is 3.12. The molecule has 0 aliphatic rings. The minimum Gasteiger partial charge on any atom is -0.373 e. The van der Waals surface area contributed by atoms with Crippen LogP contribution in [0.3, 0.4) is 0 Å². The van der Waals surface area contributed by atoms with Crippen LogP contribution in [0.25, 0.3) is 11.3 Å². The fraction of sp³-hybridized carbons (Fsp3) is 0.286. The molecule has 94 valence electrons. The van der Waals surface area contributed by atoms with Gasteiger partial charge in [0.05, 0.1) is 5.69 Å². The van der Waals surface area contributed by atoms with Crippen molar-refractivity contribution in [1.29, 1.82) is 0 Å². The molecular weight excluding hydrogens is 224 g/mol. The summed E-state index contributed by atoms with van der Waals surface area (Å²) in [6.45, 7) is 2.04. The van der Waals surface area contributed by atoms with Gasteiger partial charge in [-0.2, -0.15) is 4.98 Å². The van der Waals surface area contributed by atoms with E-state index < -0.39 is 0 Å². The third kappa shape index (κ3) is 2.27. The van der Waals surface area contributed by atoms with Crippen LogP contribution >= 0.6 is 0 Å². The van der Waals surface area contributed by atoms with Crippen molar-refractivity contribution in [3.8, 4) is 11.3 Å². The first-order valence-corrected chi connectivity index (χ1v) is 5.92. The predicted octanol–water partition coefficient (Wildman–Crippen LogP) is 2.56. The van der Waals surface area contributed by atoms with Gasteiger partial charge in [0.25, 0.3) is 0 Å². The van der Waals surface area contributed by atoms with Gasteiger partial charge in [-0.1, -0.05) is 30.3 Å². The third-order valence-corrected chi connectivity index (χ3v) is 2.82. The number of nitrogens with one attached hydrogen (secondary N) is 1. The van der Waals surface area contributed by atoms with E-state index in [1.807, 2.05) is 51.2 Å². The van der Waals surface area contributed by atoms with E-state index in [2.05, 4.69) is 27.4 Å². The van der Waals surface area contributed by atoms with Crippen LogP contribution in [-0.4, -0.2) is 31.1 Å². The van der Waals surface area contributed by atoms with Crippen molar-refractivity contribution in [3.05, 3.63) is 35.9 Å². The van der Waals surface area contributed by atoms with Gasteiger partial charge in [0.2, 0.25) is 5.95 Å². The molecular formula is C14H18N4. The molecule has 0 radical (unpaired) electrons. The zero-order valence-electron chi connectivity index (χ0n) is 11.2. The number of hydrogen-bond acceptors (Lipinski definition) is 4. The van der Waals surface area contributed by atoms with Crippen LogP contribution in [0.5, 0.6) is 0 Å². The van der Waals surface area contributed by atoms with Crippen LogP contribution in [0.2, 0.25) is 0 Å². The fourth-order valence-corrected chi connectivity index (χ4v) is 1.83. The molecule has 2 aromatic rings. The summed E-state index contributed by atoms with van der Waals surface area (Å²) in [6.07, 6.45) is 0. The maximum Gasteiger partial charge on any atom is 0.227 e. The first kappa shape index (κ1) is 12.4. The quantitative estimate of drug-likeness (QED) is 0.898. The lowest BCUT2D eigenvalue weighted by atomic mass is 10.1. The zero-order chi connectivity index (χ0) is 13.1. The molecule has 0 amide bonds. The SMILES string of the molecule is CNc1nc(N(C)C)nc(-c2ccccc2)c1C. The largest absolute Gasteiger partial charge is 0.373 e. The molecule has 4 nitrogen and oxygen atoms in total. The molecule has 0 aliphatic carbocycles. The standard InChI is InChI=1S/C14H18N4/c1-10-12(11-8-6-5-7-9-11)16-14(18(3)4)17-13(10)15-2/h5-9H,1-4H3,(H,15,16,17). The van der Waals surface area contributed by atoms with Gasteiger partial charge in [0.15, 0.2) is 0 Å². The minimum absolute atomic E-state index is 0.712. The Labute approximate surface area is 108 Å². The van der Waals surface area contributed by atoms with Gasteiger partial charge in [0.1, 0.15) is 5.82 Å². The van der Waals surface area contributed by atoms with Gasteiger partial charge in [-0.3, -0.25) is 0 Å². The minimum atomic E-state index is 0.712. The maximum absolute atomic E-state index is 4.63. The second-order valence-corrected chi connectivity index (χ2v) is 4.36. The van der Waals surface area contributed by atoms with E-state index in [1.54, 1.807) is 0 Å². The Morgan fingerprint density at radius 3 is 2.28 bits per heavy atom. The van der Waals surface area contributed by atoms with Crippen LogP contribution in [0.1, 0.15) is 5.56 Å².